The second-order valence-corrected chi connectivity index (χ2v) is 9.11. The predicted molar refractivity (Wildman–Crippen MR) is 116 cm³/mol. The number of rotatable bonds is 19. The Kier molecular flexibility index (Phi) is 22.7. The van der Waals surface area contributed by atoms with Crippen LogP contribution in [0.4, 0.5) is 0 Å². The minimum Gasteiger partial charge on any atom is -0.747 e. The Morgan fingerprint density at radius 1 is 0.871 bits per heavy atom. The topological polar surface area (TPSA) is 110 Å². The van der Waals surface area contributed by atoms with E-state index in [4.69, 9.17) is 4.74 Å². The molecule has 0 aliphatic heterocycles. The maximum absolute atomic E-state index is 11.7. The van der Waals surface area contributed by atoms with Gasteiger partial charge >= 0.3 is 41.5 Å². The van der Waals surface area contributed by atoms with Gasteiger partial charge in [-0.05, 0) is 13.3 Å². The SMILES string of the molecule is C/C=C/OC(=O)C(CC(=O)OCCCCCCCCCCCCCCC)S(=O)(=O)[O-].[Na+]. The Morgan fingerprint density at radius 2 is 1.32 bits per heavy atom. The van der Waals surface area contributed by atoms with Crippen molar-refractivity contribution in [1.29, 1.82) is 0 Å². The van der Waals surface area contributed by atoms with Crippen LogP contribution in [0.2, 0.25) is 0 Å². The molecular weight excluding hydrogens is 431 g/mol. The summed E-state index contributed by atoms with van der Waals surface area (Å²) in [4.78, 5) is 23.4. The van der Waals surface area contributed by atoms with Crippen molar-refractivity contribution in [1.82, 2.24) is 0 Å². The van der Waals surface area contributed by atoms with E-state index in [9.17, 15) is 22.6 Å². The molecule has 176 valence electrons. The van der Waals surface area contributed by atoms with Crippen LogP contribution < -0.4 is 29.6 Å². The van der Waals surface area contributed by atoms with Crippen molar-refractivity contribution in [2.24, 2.45) is 0 Å². The van der Waals surface area contributed by atoms with Gasteiger partial charge < -0.3 is 14.0 Å². The summed E-state index contributed by atoms with van der Waals surface area (Å²) < 4.78 is 43.0. The van der Waals surface area contributed by atoms with Crippen LogP contribution in [-0.2, 0) is 29.2 Å². The molecule has 0 aliphatic carbocycles. The molecular formula is C22H39NaO7S. The van der Waals surface area contributed by atoms with E-state index in [0.717, 1.165) is 25.5 Å². The summed E-state index contributed by atoms with van der Waals surface area (Å²) in [7, 11) is -5.01. The van der Waals surface area contributed by atoms with Crippen LogP contribution in [-0.4, -0.2) is 36.8 Å². The minimum atomic E-state index is -5.01. The van der Waals surface area contributed by atoms with Crippen LogP contribution in [0.3, 0.4) is 0 Å². The summed E-state index contributed by atoms with van der Waals surface area (Å²) in [5.74, 6) is -2.17. The van der Waals surface area contributed by atoms with E-state index in [1.165, 1.54) is 63.9 Å². The van der Waals surface area contributed by atoms with E-state index >= 15 is 0 Å². The van der Waals surface area contributed by atoms with Crippen LogP contribution in [0.15, 0.2) is 12.3 Å². The fraction of sp³-hybridized carbons (Fsp3) is 0.818. The number of ether oxygens (including phenoxy) is 2. The summed E-state index contributed by atoms with van der Waals surface area (Å²) in [5, 5.41) is -2.09. The molecule has 7 nitrogen and oxygen atoms in total. The van der Waals surface area contributed by atoms with Gasteiger partial charge in [-0.1, -0.05) is 90.0 Å². The van der Waals surface area contributed by atoms with Gasteiger partial charge in [0.05, 0.1) is 19.3 Å². The molecule has 0 saturated heterocycles. The van der Waals surface area contributed by atoms with Crippen LogP contribution >= 0.6 is 0 Å². The zero-order valence-electron chi connectivity index (χ0n) is 19.6. The van der Waals surface area contributed by atoms with Crippen molar-refractivity contribution in [2.75, 3.05) is 6.61 Å². The average Bonchev–Trinajstić information content (AvgIpc) is 2.69. The van der Waals surface area contributed by atoms with Crippen LogP contribution in [0, 0.1) is 0 Å². The number of hydrogen-bond donors (Lipinski definition) is 0. The minimum absolute atomic E-state index is 0. The molecule has 0 bridgehead atoms. The van der Waals surface area contributed by atoms with Gasteiger partial charge in [-0.3, -0.25) is 9.59 Å². The third-order valence-electron chi connectivity index (χ3n) is 4.79. The van der Waals surface area contributed by atoms with Gasteiger partial charge in [-0.15, -0.1) is 0 Å². The number of carbonyl (C=O) groups excluding carboxylic acids is 2. The largest absolute Gasteiger partial charge is 1.00 e. The zero-order valence-corrected chi connectivity index (χ0v) is 22.4. The first kappa shape index (κ1) is 32.8. The molecule has 0 aromatic rings. The third kappa shape index (κ3) is 20.0. The van der Waals surface area contributed by atoms with Gasteiger partial charge in [-0.25, -0.2) is 8.42 Å². The summed E-state index contributed by atoms with van der Waals surface area (Å²) in [6, 6.07) is 0. The molecule has 0 N–H and O–H groups in total. The number of allylic oxidation sites excluding steroid dienone is 1. The van der Waals surface area contributed by atoms with E-state index in [2.05, 4.69) is 11.7 Å². The number of hydrogen-bond acceptors (Lipinski definition) is 7. The zero-order chi connectivity index (χ0) is 22.7. The van der Waals surface area contributed by atoms with Gasteiger partial charge in [0, 0.05) is 0 Å². The van der Waals surface area contributed by atoms with E-state index in [0.29, 0.717) is 6.42 Å². The molecule has 31 heavy (non-hydrogen) atoms. The normalized spacial score (nSPS) is 12.4. The van der Waals surface area contributed by atoms with Crippen molar-refractivity contribution in [3.63, 3.8) is 0 Å². The third-order valence-corrected chi connectivity index (χ3v) is 5.85. The standard InChI is InChI=1S/C22H40O7S.Na/c1-3-5-6-7-8-9-10-11-12-13-14-15-16-18-28-21(23)19-20(30(25,26)27)22(24)29-17-4-2;/h4,17,20H,3,5-16,18-19H2,1-2H3,(H,25,26,27);/q;+1/p-1/b17-4+;. The Balaban J connectivity index is 0. The van der Waals surface area contributed by atoms with Gasteiger partial charge in [0.1, 0.15) is 10.1 Å². The molecule has 0 aromatic heterocycles. The molecule has 1 unspecified atom stereocenters. The van der Waals surface area contributed by atoms with Gasteiger partial charge in [0.25, 0.3) is 0 Å². The Bertz CT molecular complexity index is 591. The Hall–Kier alpha value is -0.410. The monoisotopic (exact) mass is 470 g/mol. The van der Waals surface area contributed by atoms with Crippen LogP contribution in [0.1, 0.15) is 104 Å². The predicted octanol–water partition coefficient (Wildman–Crippen LogP) is 2.01. The maximum atomic E-state index is 11.7. The van der Waals surface area contributed by atoms with E-state index < -0.39 is 33.7 Å². The van der Waals surface area contributed by atoms with Gasteiger partial charge in [0.15, 0.2) is 5.25 Å². The molecule has 0 saturated carbocycles. The van der Waals surface area contributed by atoms with Crippen molar-refractivity contribution < 1.29 is 61.6 Å². The molecule has 0 heterocycles. The van der Waals surface area contributed by atoms with Crippen molar-refractivity contribution in [2.45, 2.75) is 109 Å². The summed E-state index contributed by atoms with van der Waals surface area (Å²) in [6.45, 7) is 3.93. The maximum Gasteiger partial charge on any atom is 1.00 e. The van der Waals surface area contributed by atoms with E-state index in [-0.39, 0.29) is 36.2 Å². The Morgan fingerprint density at radius 3 is 1.74 bits per heavy atom. The fourth-order valence-electron chi connectivity index (χ4n) is 3.03. The summed E-state index contributed by atoms with van der Waals surface area (Å²) in [5.41, 5.74) is 0. The van der Waals surface area contributed by atoms with Crippen LogP contribution in [0.5, 0.6) is 0 Å². The molecule has 9 heteroatoms. The van der Waals surface area contributed by atoms with E-state index in [1.54, 1.807) is 6.92 Å². The quantitative estimate of drug-likeness (QED) is 0.0934. The molecule has 0 amide bonds. The molecule has 0 spiro atoms. The smallest absolute Gasteiger partial charge is 0.747 e. The molecule has 0 fully saturated rings. The number of carbonyl (C=O) groups is 2. The van der Waals surface area contributed by atoms with E-state index in [1.807, 2.05) is 0 Å². The number of esters is 2. The second-order valence-electron chi connectivity index (χ2n) is 7.55. The van der Waals surface area contributed by atoms with Gasteiger partial charge in [0.2, 0.25) is 0 Å². The average molecular weight is 471 g/mol. The van der Waals surface area contributed by atoms with Crippen LogP contribution in [0.25, 0.3) is 0 Å². The Labute approximate surface area is 210 Å². The first-order chi connectivity index (χ1) is 14.3. The molecule has 0 radical (unpaired) electrons. The molecule has 0 aliphatic rings. The second kappa shape index (κ2) is 21.4. The molecule has 0 rings (SSSR count). The summed E-state index contributed by atoms with van der Waals surface area (Å²) in [6.07, 6.45) is 17.0. The van der Waals surface area contributed by atoms with Crippen molar-refractivity contribution >= 4 is 22.1 Å². The number of unbranched alkanes of at least 4 members (excludes halogenated alkanes) is 12. The molecule has 1 atom stereocenters. The fourth-order valence-corrected chi connectivity index (χ4v) is 3.66. The van der Waals surface area contributed by atoms with Crippen molar-refractivity contribution in [3.05, 3.63) is 12.3 Å². The van der Waals surface area contributed by atoms with Crippen molar-refractivity contribution in [3.8, 4) is 0 Å². The van der Waals surface area contributed by atoms with Gasteiger partial charge in [-0.2, -0.15) is 0 Å². The molecule has 0 aromatic carbocycles. The first-order valence-electron chi connectivity index (χ1n) is 11.2. The summed E-state index contributed by atoms with van der Waals surface area (Å²) >= 11 is 0. The first-order valence-corrected chi connectivity index (χ1v) is 12.7.